The molecule has 0 fully saturated rings. The van der Waals surface area contributed by atoms with Crippen LogP contribution in [0.1, 0.15) is 10.4 Å². The molecule has 3 aromatic carbocycles. The topological polar surface area (TPSA) is 47.9 Å². The van der Waals surface area contributed by atoms with Crippen LogP contribution in [0, 0.1) is 0 Å². The van der Waals surface area contributed by atoms with Gasteiger partial charge in [0.1, 0.15) is 6.67 Å². The number of nitrogens with zero attached hydrogens (tertiary/aromatic N) is 3. The zero-order valence-electron chi connectivity index (χ0n) is 14.4. The summed E-state index contributed by atoms with van der Waals surface area (Å²) >= 11 is 6.01. The molecule has 0 unspecified atom stereocenters. The van der Waals surface area contributed by atoms with Crippen LogP contribution in [0.3, 0.4) is 0 Å². The number of anilines is 2. The smallest absolute Gasteiger partial charge is 0.231 e. The van der Waals surface area contributed by atoms with E-state index in [1.54, 1.807) is 17.1 Å². The van der Waals surface area contributed by atoms with Crippen LogP contribution in [0.2, 0.25) is 5.02 Å². The third kappa shape index (κ3) is 3.78. The first-order chi connectivity index (χ1) is 13.2. The van der Waals surface area contributed by atoms with E-state index in [4.69, 9.17) is 11.6 Å². The number of hydrazone groups is 1. The molecule has 1 heterocycles. The fourth-order valence-electron chi connectivity index (χ4n) is 2.80. The highest BCUT2D eigenvalue weighted by Gasteiger charge is 2.25. The highest BCUT2D eigenvalue weighted by atomic mass is 35.5. The van der Waals surface area contributed by atoms with Gasteiger partial charge in [-0.05, 0) is 36.4 Å². The number of halogens is 1. The highest BCUT2D eigenvalue weighted by Crippen LogP contribution is 2.22. The Morgan fingerprint density at radius 2 is 1.48 bits per heavy atom. The number of ketones is 1. The molecule has 4 rings (SSSR count). The summed E-state index contributed by atoms with van der Waals surface area (Å²) in [7, 11) is 0. The van der Waals surface area contributed by atoms with E-state index in [1.165, 1.54) is 0 Å². The average Bonchev–Trinajstić information content (AvgIpc) is 2.74. The van der Waals surface area contributed by atoms with Gasteiger partial charge >= 0.3 is 0 Å². The van der Waals surface area contributed by atoms with Crippen LogP contribution in [-0.4, -0.2) is 18.3 Å². The van der Waals surface area contributed by atoms with E-state index in [9.17, 15) is 4.79 Å². The molecule has 0 radical (unpaired) electrons. The van der Waals surface area contributed by atoms with Crippen LogP contribution < -0.4 is 15.4 Å². The number of hydrazine groups is 1. The third-order valence-electron chi connectivity index (χ3n) is 4.18. The van der Waals surface area contributed by atoms with Crippen molar-refractivity contribution in [2.75, 3.05) is 16.7 Å². The Kier molecular flexibility index (Phi) is 4.77. The Morgan fingerprint density at radius 1 is 0.852 bits per heavy atom. The first-order valence-corrected chi connectivity index (χ1v) is 8.89. The molecule has 27 heavy (non-hydrogen) atoms. The van der Waals surface area contributed by atoms with Gasteiger partial charge < -0.3 is 0 Å². The standard InChI is InChI=1S/C21H17ClN4O/c22-17-11-13-19(14-12-17)26-15-25(18-9-5-2-6-10-18)23-21(24-26)20(27)16-7-3-1-4-8-16/h1-14H,15H2,(H,23,24). The molecule has 0 amide bonds. The van der Waals surface area contributed by atoms with Gasteiger partial charge in [-0.1, -0.05) is 60.1 Å². The summed E-state index contributed by atoms with van der Waals surface area (Å²) in [6, 6.07) is 26.3. The van der Waals surface area contributed by atoms with E-state index in [-0.39, 0.29) is 11.6 Å². The zero-order chi connectivity index (χ0) is 18.6. The van der Waals surface area contributed by atoms with Crippen molar-refractivity contribution >= 4 is 34.6 Å². The van der Waals surface area contributed by atoms with Gasteiger partial charge in [0.2, 0.25) is 11.6 Å². The Hall–Kier alpha value is -3.31. The molecule has 5 nitrogen and oxygen atoms in total. The molecule has 0 aromatic heterocycles. The number of benzene rings is 3. The summed E-state index contributed by atoms with van der Waals surface area (Å²) in [5.74, 6) is 0.0847. The molecule has 6 heteroatoms. The Balaban J connectivity index is 1.70. The van der Waals surface area contributed by atoms with Gasteiger partial charge in [0.25, 0.3) is 0 Å². The van der Waals surface area contributed by atoms with E-state index < -0.39 is 0 Å². The van der Waals surface area contributed by atoms with Gasteiger partial charge in [0.05, 0.1) is 11.4 Å². The van der Waals surface area contributed by atoms with Crippen molar-refractivity contribution in [3.63, 3.8) is 0 Å². The predicted octanol–water partition coefficient (Wildman–Crippen LogP) is 4.33. The molecule has 0 spiro atoms. The fourth-order valence-corrected chi connectivity index (χ4v) is 2.93. The van der Waals surface area contributed by atoms with Crippen LogP contribution in [0.5, 0.6) is 0 Å². The number of Topliss-reactive ketones (excluding diaryl/α,β-unsaturated/α-hetero) is 1. The minimum Gasteiger partial charge on any atom is -0.285 e. The monoisotopic (exact) mass is 376 g/mol. The summed E-state index contributed by atoms with van der Waals surface area (Å²) in [6.45, 7) is 0.442. The van der Waals surface area contributed by atoms with Crippen molar-refractivity contribution in [3.05, 3.63) is 95.5 Å². The maximum atomic E-state index is 12.9. The van der Waals surface area contributed by atoms with Crippen LogP contribution >= 0.6 is 11.6 Å². The van der Waals surface area contributed by atoms with E-state index in [0.29, 0.717) is 17.3 Å². The predicted molar refractivity (Wildman–Crippen MR) is 109 cm³/mol. The van der Waals surface area contributed by atoms with Gasteiger partial charge in [0, 0.05) is 10.6 Å². The molecule has 0 saturated heterocycles. The van der Waals surface area contributed by atoms with Crippen molar-refractivity contribution in [1.82, 2.24) is 5.43 Å². The fraction of sp³-hybridized carbons (Fsp3) is 0.0476. The number of amidine groups is 1. The lowest BCUT2D eigenvalue weighted by molar-refractivity contribution is 0.106. The van der Waals surface area contributed by atoms with E-state index in [2.05, 4.69) is 10.5 Å². The largest absolute Gasteiger partial charge is 0.285 e. The molecule has 0 aliphatic carbocycles. The number of carbonyl (C=O) groups is 1. The molecule has 134 valence electrons. The Bertz CT molecular complexity index is 958. The van der Waals surface area contributed by atoms with Crippen LogP contribution in [0.15, 0.2) is 90.0 Å². The van der Waals surface area contributed by atoms with Crippen LogP contribution in [-0.2, 0) is 0 Å². The van der Waals surface area contributed by atoms with Crippen LogP contribution in [0.25, 0.3) is 0 Å². The van der Waals surface area contributed by atoms with Crippen molar-refractivity contribution in [3.8, 4) is 0 Å². The van der Waals surface area contributed by atoms with Crippen molar-refractivity contribution in [2.24, 2.45) is 5.10 Å². The Morgan fingerprint density at radius 3 is 2.15 bits per heavy atom. The van der Waals surface area contributed by atoms with Crippen LogP contribution in [0.4, 0.5) is 11.4 Å². The number of hydrogen-bond donors (Lipinski definition) is 1. The van der Waals surface area contributed by atoms with E-state index >= 15 is 0 Å². The van der Waals surface area contributed by atoms with Crippen molar-refractivity contribution < 1.29 is 4.79 Å². The van der Waals surface area contributed by atoms with E-state index in [1.807, 2.05) is 77.8 Å². The molecule has 1 N–H and O–H groups in total. The zero-order valence-corrected chi connectivity index (χ0v) is 15.2. The molecule has 0 bridgehead atoms. The molecular formula is C21H17ClN4O. The molecule has 0 atom stereocenters. The highest BCUT2D eigenvalue weighted by molar-refractivity contribution is 6.45. The van der Waals surface area contributed by atoms with Gasteiger partial charge in [-0.15, -0.1) is 5.10 Å². The minimum absolute atomic E-state index is 0.171. The maximum Gasteiger partial charge on any atom is 0.231 e. The number of hydrogen-bond acceptors (Lipinski definition) is 5. The third-order valence-corrected chi connectivity index (χ3v) is 4.43. The lowest BCUT2D eigenvalue weighted by Crippen LogP contribution is -2.55. The summed E-state index contributed by atoms with van der Waals surface area (Å²) in [6.07, 6.45) is 0. The van der Waals surface area contributed by atoms with Gasteiger partial charge in [-0.25, -0.2) is 5.01 Å². The van der Waals surface area contributed by atoms with Crippen molar-refractivity contribution in [1.29, 1.82) is 0 Å². The first-order valence-electron chi connectivity index (χ1n) is 8.51. The summed E-state index contributed by atoms with van der Waals surface area (Å²) in [4.78, 5) is 12.9. The number of rotatable bonds is 4. The van der Waals surface area contributed by atoms with Crippen molar-refractivity contribution in [2.45, 2.75) is 0 Å². The van der Waals surface area contributed by atoms with Gasteiger partial charge in [-0.2, -0.15) is 0 Å². The lowest BCUT2D eigenvalue weighted by atomic mass is 10.1. The molecule has 1 aliphatic heterocycles. The summed E-state index contributed by atoms with van der Waals surface area (Å²) < 4.78 is 0. The quantitative estimate of drug-likeness (QED) is 0.689. The average molecular weight is 377 g/mol. The molecule has 3 aromatic rings. The SMILES string of the molecule is O=C(C1=NN(c2ccccc2)CN(c2ccc(Cl)cc2)N1)c1ccccc1. The van der Waals surface area contributed by atoms with E-state index in [0.717, 1.165) is 11.4 Å². The molecule has 0 saturated carbocycles. The van der Waals surface area contributed by atoms with Gasteiger partial charge in [0.15, 0.2) is 0 Å². The first kappa shape index (κ1) is 17.1. The Labute approximate surface area is 162 Å². The number of para-hydroxylation sites is 1. The lowest BCUT2D eigenvalue weighted by Gasteiger charge is -2.36. The summed E-state index contributed by atoms with van der Waals surface area (Å²) in [5.41, 5.74) is 5.50. The normalized spacial score (nSPS) is 13.7. The number of nitrogens with one attached hydrogen (secondary N) is 1. The maximum absolute atomic E-state index is 12.9. The van der Waals surface area contributed by atoms with Gasteiger partial charge in [-0.3, -0.25) is 15.2 Å². The minimum atomic E-state index is -0.171. The molecular weight excluding hydrogens is 360 g/mol. The number of carbonyl (C=O) groups excluding carboxylic acids is 1. The second kappa shape index (κ2) is 7.51. The summed E-state index contributed by atoms with van der Waals surface area (Å²) in [5, 5.41) is 8.86. The second-order valence-electron chi connectivity index (χ2n) is 6.04. The second-order valence-corrected chi connectivity index (χ2v) is 6.47. The molecule has 1 aliphatic rings.